The highest BCUT2D eigenvalue weighted by Crippen LogP contribution is 2.19. The number of H-pyrrole nitrogens is 1. The maximum Gasteiger partial charge on any atom is 0.253 e. The van der Waals surface area contributed by atoms with Crippen molar-refractivity contribution < 1.29 is 9.53 Å². The molecule has 2 N–H and O–H groups in total. The van der Waals surface area contributed by atoms with E-state index < -0.39 is 0 Å². The average molecular weight is 365 g/mol. The van der Waals surface area contributed by atoms with Crippen molar-refractivity contribution in [3.8, 4) is 0 Å². The third kappa shape index (κ3) is 3.78. The number of aromatic amines is 1. The van der Waals surface area contributed by atoms with Gasteiger partial charge in [-0.2, -0.15) is 5.10 Å². The number of hydrogen-bond acceptors (Lipinski definition) is 5. The average Bonchev–Trinajstić information content (AvgIpc) is 3.14. The Morgan fingerprint density at radius 2 is 2.04 bits per heavy atom. The van der Waals surface area contributed by atoms with Gasteiger partial charge >= 0.3 is 0 Å². The molecule has 7 heteroatoms. The maximum absolute atomic E-state index is 12.5. The summed E-state index contributed by atoms with van der Waals surface area (Å²) in [4.78, 5) is 19.3. The lowest BCUT2D eigenvalue weighted by Gasteiger charge is -2.36. The minimum Gasteiger partial charge on any atom is -0.372 e. The fourth-order valence-corrected chi connectivity index (χ4v) is 3.51. The van der Waals surface area contributed by atoms with Crippen molar-refractivity contribution in [1.82, 2.24) is 20.5 Å². The predicted octanol–water partition coefficient (Wildman–Crippen LogP) is 2.50. The van der Waals surface area contributed by atoms with Gasteiger partial charge in [0.05, 0.1) is 29.5 Å². The minimum atomic E-state index is -0.134. The summed E-state index contributed by atoms with van der Waals surface area (Å²) in [6.45, 7) is 6.25. The van der Waals surface area contributed by atoms with E-state index in [1.807, 2.05) is 30.5 Å². The molecule has 0 saturated carbocycles. The second-order valence-corrected chi connectivity index (χ2v) is 7.01. The molecule has 140 valence electrons. The van der Waals surface area contributed by atoms with Gasteiger partial charge in [0.15, 0.2) is 0 Å². The SMILES string of the molecule is C[C@@H]1CN(c2ccc(CNC(=O)c3cccc4cn[nH]c34)cn2)C[C@@H](C)O1. The topological polar surface area (TPSA) is 83.1 Å². The molecular formula is C20H23N5O2. The van der Waals surface area contributed by atoms with Gasteiger partial charge in [-0.1, -0.05) is 18.2 Å². The van der Waals surface area contributed by atoms with Crippen LogP contribution in [0.4, 0.5) is 5.82 Å². The summed E-state index contributed by atoms with van der Waals surface area (Å²) in [5.74, 6) is 0.805. The summed E-state index contributed by atoms with van der Waals surface area (Å²) in [6.07, 6.45) is 3.92. The van der Waals surface area contributed by atoms with Crippen molar-refractivity contribution in [1.29, 1.82) is 0 Å². The van der Waals surface area contributed by atoms with E-state index in [1.54, 1.807) is 12.3 Å². The lowest BCUT2D eigenvalue weighted by Crippen LogP contribution is -2.45. The van der Waals surface area contributed by atoms with E-state index in [4.69, 9.17) is 4.74 Å². The van der Waals surface area contributed by atoms with Crippen LogP contribution >= 0.6 is 0 Å². The van der Waals surface area contributed by atoms with Gasteiger partial charge < -0.3 is 15.0 Å². The number of morpholine rings is 1. The number of rotatable bonds is 4. The molecule has 4 rings (SSSR count). The lowest BCUT2D eigenvalue weighted by molar-refractivity contribution is -0.00546. The van der Waals surface area contributed by atoms with Crippen LogP contribution in [-0.2, 0) is 11.3 Å². The van der Waals surface area contributed by atoms with Crippen LogP contribution in [0.1, 0.15) is 29.8 Å². The molecule has 2 aromatic heterocycles. The molecule has 3 heterocycles. The molecule has 27 heavy (non-hydrogen) atoms. The van der Waals surface area contributed by atoms with Crippen molar-refractivity contribution in [2.45, 2.75) is 32.6 Å². The smallest absolute Gasteiger partial charge is 0.253 e. The van der Waals surface area contributed by atoms with E-state index in [0.29, 0.717) is 12.1 Å². The summed E-state index contributed by atoms with van der Waals surface area (Å²) in [7, 11) is 0. The van der Waals surface area contributed by atoms with Crippen LogP contribution in [-0.4, -0.2) is 46.4 Å². The van der Waals surface area contributed by atoms with Gasteiger partial charge in [0.25, 0.3) is 5.91 Å². The molecule has 1 amide bonds. The Morgan fingerprint density at radius 3 is 2.78 bits per heavy atom. The van der Waals surface area contributed by atoms with E-state index in [1.165, 1.54) is 0 Å². The summed E-state index contributed by atoms with van der Waals surface area (Å²) in [6, 6.07) is 9.57. The Labute approximate surface area is 157 Å². The molecule has 1 aliphatic rings. The zero-order valence-electron chi connectivity index (χ0n) is 15.5. The van der Waals surface area contributed by atoms with Gasteiger partial charge in [0.2, 0.25) is 0 Å². The number of ether oxygens (including phenoxy) is 1. The lowest BCUT2D eigenvalue weighted by atomic mass is 10.1. The second-order valence-electron chi connectivity index (χ2n) is 7.01. The number of nitrogens with zero attached hydrogens (tertiary/aromatic N) is 3. The molecule has 0 radical (unpaired) electrons. The fourth-order valence-electron chi connectivity index (χ4n) is 3.51. The van der Waals surface area contributed by atoms with Crippen LogP contribution in [0.2, 0.25) is 0 Å². The van der Waals surface area contributed by atoms with Gasteiger partial charge in [0, 0.05) is 31.2 Å². The maximum atomic E-state index is 12.5. The van der Waals surface area contributed by atoms with E-state index >= 15 is 0 Å². The van der Waals surface area contributed by atoms with Crippen LogP contribution in [0.5, 0.6) is 0 Å². The van der Waals surface area contributed by atoms with E-state index in [9.17, 15) is 4.79 Å². The molecule has 0 aliphatic carbocycles. The molecule has 7 nitrogen and oxygen atoms in total. The van der Waals surface area contributed by atoms with E-state index in [2.05, 4.69) is 39.2 Å². The summed E-state index contributed by atoms with van der Waals surface area (Å²) in [5, 5.41) is 10.7. The number of anilines is 1. The number of fused-ring (bicyclic) bond motifs is 1. The Bertz CT molecular complexity index is 927. The monoisotopic (exact) mass is 365 g/mol. The second kappa shape index (κ2) is 7.36. The van der Waals surface area contributed by atoms with Gasteiger partial charge in [-0.15, -0.1) is 0 Å². The number of amides is 1. The summed E-state index contributed by atoms with van der Waals surface area (Å²) < 4.78 is 5.77. The summed E-state index contributed by atoms with van der Waals surface area (Å²) in [5.41, 5.74) is 2.29. The summed E-state index contributed by atoms with van der Waals surface area (Å²) >= 11 is 0. The first-order valence-electron chi connectivity index (χ1n) is 9.16. The first-order valence-corrected chi connectivity index (χ1v) is 9.16. The molecule has 0 bridgehead atoms. The number of aromatic nitrogens is 3. The van der Waals surface area contributed by atoms with E-state index in [0.717, 1.165) is 35.4 Å². The van der Waals surface area contributed by atoms with Crippen LogP contribution in [0, 0.1) is 0 Å². The van der Waals surface area contributed by atoms with Gasteiger partial charge in [-0.05, 0) is 31.5 Å². The molecule has 3 aromatic rings. The number of carbonyl (C=O) groups is 1. The Balaban J connectivity index is 1.40. The number of benzene rings is 1. The molecule has 1 fully saturated rings. The molecule has 1 saturated heterocycles. The zero-order valence-corrected chi connectivity index (χ0v) is 15.5. The highest BCUT2D eigenvalue weighted by Gasteiger charge is 2.23. The molecule has 1 aromatic carbocycles. The number of para-hydroxylation sites is 1. The highest BCUT2D eigenvalue weighted by molar-refractivity contribution is 6.05. The predicted molar refractivity (Wildman–Crippen MR) is 104 cm³/mol. The van der Waals surface area contributed by atoms with Crippen molar-refractivity contribution in [3.63, 3.8) is 0 Å². The van der Waals surface area contributed by atoms with Gasteiger partial charge in [-0.3, -0.25) is 9.89 Å². The highest BCUT2D eigenvalue weighted by atomic mass is 16.5. The quantitative estimate of drug-likeness (QED) is 0.742. The Kier molecular flexibility index (Phi) is 4.77. The standard InChI is InChI=1S/C20H23N5O2/c1-13-11-25(12-14(2)27-13)18-7-6-15(8-21-18)9-22-20(26)17-5-3-4-16-10-23-24-19(16)17/h3-8,10,13-14H,9,11-12H2,1-2H3,(H,22,26)(H,23,24)/t13-,14-/m1/s1. The largest absolute Gasteiger partial charge is 0.372 e. The van der Waals surface area contributed by atoms with Crippen molar-refractivity contribution in [2.75, 3.05) is 18.0 Å². The first-order chi connectivity index (χ1) is 13.1. The molecule has 0 spiro atoms. The van der Waals surface area contributed by atoms with E-state index in [-0.39, 0.29) is 18.1 Å². The number of carbonyl (C=O) groups excluding carboxylic acids is 1. The van der Waals surface area contributed by atoms with Crippen molar-refractivity contribution >= 4 is 22.6 Å². The molecule has 2 atom stereocenters. The zero-order chi connectivity index (χ0) is 18.8. The third-order valence-corrected chi connectivity index (χ3v) is 4.73. The van der Waals surface area contributed by atoms with Gasteiger partial charge in [0.1, 0.15) is 5.82 Å². The fraction of sp³-hybridized carbons (Fsp3) is 0.350. The van der Waals surface area contributed by atoms with Gasteiger partial charge in [-0.25, -0.2) is 4.98 Å². The molecule has 0 unspecified atom stereocenters. The number of pyridine rings is 1. The minimum absolute atomic E-state index is 0.134. The first kappa shape index (κ1) is 17.5. The van der Waals surface area contributed by atoms with Crippen molar-refractivity contribution in [3.05, 3.63) is 53.9 Å². The van der Waals surface area contributed by atoms with Crippen LogP contribution in [0.15, 0.2) is 42.7 Å². The Hall–Kier alpha value is -2.93. The van der Waals surface area contributed by atoms with Crippen LogP contribution in [0.25, 0.3) is 10.9 Å². The van der Waals surface area contributed by atoms with Crippen LogP contribution < -0.4 is 10.2 Å². The molecular weight excluding hydrogens is 342 g/mol. The Morgan fingerprint density at radius 1 is 1.22 bits per heavy atom. The van der Waals surface area contributed by atoms with Crippen molar-refractivity contribution in [2.24, 2.45) is 0 Å². The normalized spacial score (nSPS) is 20.0. The number of hydrogen-bond donors (Lipinski definition) is 2. The molecule has 1 aliphatic heterocycles. The number of nitrogens with one attached hydrogen (secondary N) is 2. The van der Waals surface area contributed by atoms with Crippen LogP contribution in [0.3, 0.4) is 0 Å². The third-order valence-electron chi connectivity index (χ3n) is 4.73.